The van der Waals surface area contributed by atoms with Crippen molar-refractivity contribution in [2.75, 3.05) is 57.5 Å². The van der Waals surface area contributed by atoms with E-state index in [1.54, 1.807) is 33.8 Å². The number of hydrogen-bond donors (Lipinski definition) is 2. The van der Waals surface area contributed by atoms with Gasteiger partial charge in [0.1, 0.15) is 57.0 Å². The highest BCUT2D eigenvalue weighted by Crippen LogP contribution is 2.42. The third-order valence-corrected chi connectivity index (χ3v) is 15.9. The Kier molecular flexibility index (Phi) is 28.8. The Hall–Kier alpha value is -6.58. The van der Waals surface area contributed by atoms with Crippen molar-refractivity contribution in [2.24, 2.45) is 16.2 Å². The highest BCUT2D eigenvalue weighted by Gasteiger charge is 2.47. The van der Waals surface area contributed by atoms with Crippen LogP contribution in [0.4, 0.5) is 32.0 Å². The first-order chi connectivity index (χ1) is 38.6. The lowest BCUT2D eigenvalue weighted by Crippen LogP contribution is -2.31. The van der Waals surface area contributed by atoms with Crippen molar-refractivity contribution in [3.63, 3.8) is 0 Å². The molecule has 0 saturated heterocycles. The van der Waals surface area contributed by atoms with E-state index in [1.807, 2.05) is 52.8 Å². The molecule has 1 unspecified atom stereocenters. The van der Waals surface area contributed by atoms with E-state index in [2.05, 4.69) is 80.1 Å². The summed E-state index contributed by atoms with van der Waals surface area (Å²) in [7, 11) is -13.4. The lowest BCUT2D eigenvalue weighted by Gasteiger charge is -2.22. The summed E-state index contributed by atoms with van der Waals surface area (Å²) in [5, 5.41) is 19.9. The maximum absolute atomic E-state index is 13.5. The Labute approximate surface area is 487 Å². The summed E-state index contributed by atoms with van der Waals surface area (Å²) in [4.78, 5) is 61.0. The van der Waals surface area contributed by atoms with Gasteiger partial charge >= 0.3 is 40.9 Å². The predicted molar refractivity (Wildman–Crippen MR) is 305 cm³/mol. The highest BCUT2D eigenvalue weighted by atomic mass is 32.3. The average molecular weight is 1240 g/mol. The van der Waals surface area contributed by atoms with Gasteiger partial charge in [-0.15, -0.1) is 0 Å². The van der Waals surface area contributed by atoms with Gasteiger partial charge in [-0.1, -0.05) is 45.5 Å². The molecule has 19 nitrogen and oxygen atoms in total. The van der Waals surface area contributed by atoms with Crippen LogP contribution in [0.3, 0.4) is 0 Å². The van der Waals surface area contributed by atoms with Gasteiger partial charge in [-0.2, -0.15) is 26.3 Å². The number of aliphatic carboxylic acids is 1. The summed E-state index contributed by atoms with van der Waals surface area (Å²) >= 11 is 0. The monoisotopic (exact) mass is 1240 g/mol. The standard InChI is InChI=1S/C36H45N2O5.C13H22O5.C6H12O2.C2F6NO4S2/c1-8-36(6,7)35(40)42-22-21-41-34(39)28-16-14-13-15-27(28)33-29-19-17-25(37(9-2)10-3)23-31(29)43-32-24-26(18-20-30(32)33)38(11-4)12-5;1-6-13(4,5)12(16)18-8-10(14)7-17-11(15)9(2)3;1-4-6(2,3)5(7)8;3-1(4,5)14(10,11)9-15(12,13)2(6,7)8/h13-20,23-24H,8-12,21-22H2,1-7H3;10,14H,2,6-8H2,1,3-5H3;4H2,1-3H3,(H,7,8);/q+1;;;-1. The van der Waals surface area contributed by atoms with Gasteiger partial charge < -0.3 is 42.6 Å². The number of fused-ring (bicyclic) bond motifs is 2. The van der Waals surface area contributed by atoms with Crippen LogP contribution in [0.5, 0.6) is 0 Å². The number of alkyl halides is 6. The molecule has 2 aromatic carbocycles. The number of carboxylic acids is 1. The number of nitrogens with zero attached hydrogens (tertiary/aromatic N) is 3. The third kappa shape index (κ3) is 21.8. The zero-order valence-corrected chi connectivity index (χ0v) is 51.5. The maximum atomic E-state index is 13.5. The summed E-state index contributed by atoms with van der Waals surface area (Å²) in [6.07, 6.45) is 0.969. The number of halogens is 6. The van der Waals surface area contributed by atoms with Crippen molar-refractivity contribution >= 4 is 66.5 Å². The molecular weight excluding hydrogens is 1160 g/mol. The van der Waals surface area contributed by atoms with Gasteiger partial charge in [-0.05, 0) is 125 Å². The summed E-state index contributed by atoms with van der Waals surface area (Å²) in [6.45, 7) is 32.9. The minimum absolute atomic E-state index is 0.00845. The lowest BCUT2D eigenvalue weighted by atomic mass is 9.90. The van der Waals surface area contributed by atoms with Gasteiger partial charge in [0.25, 0.3) is 0 Å². The predicted octanol–water partition coefficient (Wildman–Crippen LogP) is 11.0. The molecule has 0 radical (unpaired) electrons. The summed E-state index contributed by atoms with van der Waals surface area (Å²) in [6, 6.07) is 20.0. The van der Waals surface area contributed by atoms with E-state index < -0.39 is 71.3 Å². The fraction of sp³-hybridized carbons (Fsp3) is 0.544. The van der Waals surface area contributed by atoms with Crippen molar-refractivity contribution in [1.29, 1.82) is 0 Å². The first-order valence-corrected chi connectivity index (χ1v) is 29.5. The van der Waals surface area contributed by atoms with E-state index in [1.165, 1.54) is 6.92 Å². The molecule has 1 heterocycles. The summed E-state index contributed by atoms with van der Waals surface area (Å²) in [5.74, 6) is -1.70. The zero-order chi connectivity index (χ0) is 65.0. The van der Waals surface area contributed by atoms with E-state index in [0.717, 1.165) is 74.8 Å². The van der Waals surface area contributed by atoms with Gasteiger partial charge in [-0.25, -0.2) is 31.0 Å². The van der Waals surface area contributed by atoms with Crippen molar-refractivity contribution in [3.8, 4) is 22.5 Å². The lowest BCUT2D eigenvalue weighted by molar-refractivity contribution is -0.159. The molecule has 0 spiro atoms. The molecule has 1 aliphatic heterocycles. The first-order valence-electron chi connectivity index (χ1n) is 26.7. The number of rotatable bonds is 23. The number of ether oxygens (including phenoxy) is 4. The van der Waals surface area contributed by atoms with E-state index in [4.69, 9.17) is 28.5 Å². The number of carbonyl (C=O) groups excluding carboxylic acids is 4. The smallest absolute Gasteiger partial charge is 0.480 e. The number of esters is 4. The van der Waals surface area contributed by atoms with Gasteiger partial charge in [0.05, 0.1) is 27.9 Å². The van der Waals surface area contributed by atoms with Crippen LogP contribution in [0.2, 0.25) is 0 Å². The maximum Gasteiger partial charge on any atom is 0.480 e. The zero-order valence-electron chi connectivity index (χ0n) is 49.9. The van der Waals surface area contributed by atoms with Crippen LogP contribution < -0.4 is 14.8 Å². The second-order valence-electron chi connectivity index (χ2n) is 20.6. The second-order valence-corrected chi connectivity index (χ2v) is 24.0. The molecule has 84 heavy (non-hydrogen) atoms. The second kappa shape index (κ2) is 32.1. The van der Waals surface area contributed by atoms with Crippen LogP contribution in [0.25, 0.3) is 37.5 Å². The normalized spacial score (nSPS) is 12.4. The van der Waals surface area contributed by atoms with Gasteiger partial charge in [-0.3, -0.25) is 14.4 Å². The van der Waals surface area contributed by atoms with E-state index in [-0.39, 0.29) is 43.9 Å². The van der Waals surface area contributed by atoms with Gasteiger partial charge in [0.15, 0.2) is 20.0 Å². The molecule has 0 bridgehead atoms. The Balaban J connectivity index is 0.000000703. The minimum Gasteiger partial charge on any atom is -0.481 e. The topological polar surface area (TPSA) is 264 Å². The molecule has 27 heteroatoms. The number of aliphatic hydroxyl groups excluding tert-OH is 1. The average Bonchev–Trinajstić information content (AvgIpc) is 0.990. The van der Waals surface area contributed by atoms with Gasteiger partial charge in [0, 0.05) is 53.0 Å². The highest BCUT2D eigenvalue weighted by molar-refractivity contribution is 8.13. The molecule has 2 aromatic rings. The summed E-state index contributed by atoms with van der Waals surface area (Å²) in [5.41, 5.74) is -8.99. The number of hydrogen-bond acceptors (Lipinski definition) is 16. The molecule has 1 aliphatic carbocycles. The van der Waals surface area contributed by atoms with Crippen molar-refractivity contribution in [2.45, 2.75) is 133 Å². The molecule has 0 amide bonds. The van der Waals surface area contributed by atoms with Crippen molar-refractivity contribution in [1.82, 2.24) is 4.58 Å². The van der Waals surface area contributed by atoms with Crippen LogP contribution in [0.15, 0.2) is 77.2 Å². The van der Waals surface area contributed by atoms with Crippen LogP contribution in [0.1, 0.15) is 127 Å². The number of sulfonamides is 2. The van der Waals surface area contributed by atoms with E-state index >= 15 is 0 Å². The van der Waals surface area contributed by atoms with Crippen molar-refractivity contribution < 1.29 is 101 Å². The molecule has 0 fully saturated rings. The molecule has 2 N–H and O–H groups in total. The molecular formula is C57H79F6N3O16S2. The molecule has 1 atom stereocenters. The molecule has 0 saturated carbocycles. The first kappa shape index (κ1) is 75.4. The summed E-state index contributed by atoms with van der Waals surface area (Å²) < 4.78 is 139. The Morgan fingerprint density at radius 3 is 1.61 bits per heavy atom. The fourth-order valence-corrected chi connectivity index (χ4v) is 8.22. The number of carbonyl (C=O) groups is 5. The molecule has 0 aromatic heterocycles. The number of anilines is 1. The third-order valence-electron chi connectivity index (χ3n) is 13.2. The van der Waals surface area contributed by atoms with Crippen molar-refractivity contribution in [3.05, 3.63) is 87.9 Å². The number of benzene rings is 3. The van der Waals surface area contributed by atoms with E-state index in [0.29, 0.717) is 24.8 Å². The van der Waals surface area contributed by atoms with Gasteiger partial charge in [0.2, 0.25) is 5.36 Å². The van der Waals surface area contributed by atoms with Crippen LogP contribution in [-0.4, -0.2) is 127 Å². The Bertz CT molecular complexity index is 3120. The van der Waals surface area contributed by atoms with E-state index in [9.17, 15) is 72.3 Å². The number of carboxylic acid groups (broad SMARTS) is 1. The number of aliphatic hydroxyl groups is 1. The molecule has 2 aliphatic rings. The van der Waals surface area contributed by atoms with Crippen LogP contribution in [-0.2, 0) is 58.2 Å². The SMILES string of the molecule is C=C(C)C(=O)OCC(O)COC(=O)C(C)(C)CC.CCC(C)(C)C(=O)O.CCN(CC)c1ccc2c(-c3ccccc3C(=O)OCCOC(=O)C(C)(C)CC)c3ccc(=[N+](CC)CC)cc-3oc2c1.O=S(=O)([N-]S(=O)(=O)C(F)(F)F)C(F)(F)F. The largest absolute Gasteiger partial charge is 0.481 e. The van der Waals surface area contributed by atoms with Crippen LogP contribution >= 0.6 is 0 Å². The Morgan fingerprint density at radius 2 is 1.15 bits per heavy atom. The van der Waals surface area contributed by atoms with Crippen LogP contribution in [0, 0.1) is 16.2 Å². The Morgan fingerprint density at radius 1 is 0.667 bits per heavy atom. The molecule has 4 rings (SSSR count). The fourth-order valence-electron chi connectivity index (χ4n) is 6.51. The minimum atomic E-state index is -6.72. The molecule has 472 valence electrons. The quantitative estimate of drug-likeness (QED) is 0.0133.